The lowest BCUT2D eigenvalue weighted by molar-refractivity contribution is -0.152. The summed E-state index contributed by atoms with van der Waals surface area (Å²) in [6.45, 7) is 5.01. The number of hydrogen-bond acceptors (Lipinski definition) is 3. The second kappa shape index (κ2) is 7.86. The molecule has 3 atom stereocenters. The fraction of sp³-hybridized carbons (Fsp3) is 0.652. The van der Waals surface area contributed by atoms with Crippen LogP contribution in [-0.4, -0.2) is 52.0 Å². The molecule has 0 radical (unpaired) electrons. The van der Waals surface area contributed by atoms with E-state index in [1.165, 1.54) is 5.56 Å². The molecule has 3 aliphatic heterocycles. The van der Waals surface area contributed by atoms with Gasteiger partial charge in [0.15, 0.2) is 0 Å². The van der Waals surface area contributed by atoms with Crippen LogP contribution in [0.25, 0.3) is 0 Å². The Morgan fingerprint density at radius 3 is 2.43 bits per heavy atom. The lowest BCUT2D eigenvalue weighted by Crippen LogP contribution is -2.45. The predicted molar refractivity (Wildman–Crippen MR) is 108 cm³/mol. The monoisotopic (exact) mass is 384 g/mol. The number of carboxylic acids is 1. The number of carbonyl (C=O) groups excluding carboxylic acids is 1. The molecule has 0 unspecified atom stereocenters. The number of hydrogen-bond donors (Lipinski definition) is 1. The first kappa shape index (κ1) is 19.4. The number of carboxylic acid groups (broad SMARTS) is 1. The number of piperidine rings is 1. The highest BCUT2D eigenvalue weighted by Crippen LogP contribution is 2.52. The zero-order valence-corrected chi connectivity index (χ0v) is 16.8. The molecule has 3 heterocycles. The van der Waals surface area contributed by atoms with Gasteiger partial charge in [0.25, 0.3) is 0 Å². The van der Waals surface area contributed by atoms with Gasteiger partial charge in [0, 0.05) is 25.0 Å². The zero-order valence-electron chi connectivity index (χ0n) is 16.8. The van der Waals surface area contributed by atoms with Crippen LogP contribution in [0, 0.1) is 11.3 Å². The van der Waals surface area contributed by atoms with E-state index in [0.29, 0.717) is 25.2 Å². The van der Waals surface area contributed by atoms with Crippen LogP contribution in [0.15, 0.2) is 30.3 Å². The molecular weight excluding hydrogens is 352 g/mol. The average Bonchev–Trinajstić information content (AvgIpc) is 3.27. The van der Waals surface area contributed by atoms with Crippen LogP contribution in [0.5, 0.6) is 0 Å². The Kier molecular flexibility index (Phi) is 5.46. The molecule has 3 saturated heterocycles. The molecule has 2 bridgehead atoms. The van der Waals surface area contributed by atoms with Gasteiger partial charge in [0.2, 0.25) is 5.91 Å². The fourth-order valence-corrected chi connectivity index (χ4v) is 5.86. The van der Waals surface area contributed by atoms with E-state index >= 15 is 0 Å². The van der Waals surface area contributed by atoms with Crippen LogP contribution < -0.4 is 0 Å². The van der Waals surface area contributed by atoms with Gasteiger partial charge in [-0.2, -0.15) is 0 Å². The van der Waals surface area contributed by atoms with Gasteiger partial charge < -0.3 is 10.0 Å². The van der Waals surface area contributed by atoms with Gasteiger partial charge in [-0.3, -0.25) is 14.5 Å². The van der Waals surface area contributed by atoms with Crippen molar-refractivity contribution in [1.29, 1.82) is 0 Å². The van der Waals surface area contributed by atoms with Gasteiger partial charge in [0.1, 0.15) is 0 Å². The molecule has 3 aliphatic rings. The number of benzene rings is 1. The number of rotatable bonds is 6. The van der Waals surface area contributed by atoms with Crippen LogP contribution >= 0.6 is 0 Å². The molecule has 1 aromatic carbocycles. The van der Waals surface area contributed by atoms with E-state index in [9.17, 15) is 14.7 Å². The maximum Gasteiger partial charge on any atom is 0.311 e. The number of likely N-dealkylation sites (tertiary alicyclic amines) is 1. The summed E-state index contributed by atoms with van der Waals surface area (Å²) in [5.41, 5.74) is 0.632. The van der Waals surface area contributed by atoms with Crippen molar-refractivity contribution in [3.63, 3.8) is 0 Å². The molecule has 1 amide bonds. The van der Waals surface area contributed by atoms with E-state index in [1.54, 1.807) is 0 Å². The fourth-order valence-electron chi connectivity index (χ4n) is 5.86. The van der Waals surface area contributed by atoms with Crippen LogP contribution in [0.3, 0.4) is 0 Å². The molecule has 0 aromatic heterocycles. The van der Waals surface area contributed by atoms with E-state index in [1.807, 2.05) is 17.9 Å². The first-order valence-corrected chi connectivity index (χ1v) is 10.8. The number of amides is 1. The first-order valence-electron chi connectivity index (χ1n) is 10.8. The predicted octanol–water partition coefficient (Wildman–Crippen LogP) is 3.53. The van der Waals surface area contributed by atoms with E-state index in [0.717, 1.165) is 45.3 Å². The maximum atomic E-state index is 13.1. The zero-order chi connectivity index (χ0) is 19.7. The number of aliphatic carboxylic acids is 1. The van der Waals surface area contributed by atoms with Crippen LogP contribution in [0.4, 0.5) is 0 Å². The summed E-state index contributed by atoms with van der Waals surface area (Å²) in [6, 6.07) is 10.6. The minimum absolute atomic E-state index is 0.0920. The molecule has 5 heteroatoms. The van der Waals surface area contributed by atoms with Gasteiger partial charge in [-0.25, -0.2) is 0 Å². The molecule has 1 aromatic rings. The molecule has 0 saturated carbocycles. The van der Waals surface area contributed by atoms with E-state index in [2.05, 4.69) is 29.2 Å². The molecule has 1 N–H and O–H groups in total. The van der Waals surface area contributed by atoms with Gasteiger partial charge in [-0.1, -0.05) is 37.3 Å². The number of carbonyl (C=O) groups is 2. The highest BCUT2D eigenvalue weighted by Gasteiger charge is 2.60. The molecule has 4 rings (SSSR count). The summed E-state index contributed by atoms with van der Waals surface area (Å²) in [5, 5.41) is 9.81. The van der Waals surface area contributed by atoms with Crippen molar-refractivity contribution in [3.8, 4) is 0 Å². The number of nitrogens with zero attached hydrogens (tertiary/aromatic N) is 2. The van der Waals surface area contributed by atoms with Crippen molar-refractivity contribution in [1.82, 2.24) is 9.80 Å². The smallest absolute Gasteiger partial charge is 0.311 e. The summed E-state index contributed by atoms with van der Waals surface area (Å²) in [5.74, 6) is -0.0832. The third-order valence-corrected chi connectivity index (χ3v) is 7.50. The van der Waals surface area contributed by atoms with E-state index in [-0.39, 0.29) is 18.0 Å². The summed E-state index contributed by atoms with van der Waals surface area (Å²) in [7, 11) is 0. The Morgan fingerprint density at radius 1 is 1.11 bits per heavy atom. The Bertz CT molecular complexity index is 714. The SMILES string of the molecule is CC[C@@]1(C(=O)O)C[C@@H]2CC[C@H]1N2C(=O)CC1CCN(Cc2ccccc2)CC1. The third kappa shape index (κ3) is 3.45. The Balaban J connectivity index is 1.31. The van der Waals surface area contributed by atoms with Gasteiger partial charge in [-0.15, -0.1) is 0 Å². The molecule has 5 nitrogen and oxygen atoms in total. The lowest BCUT2D eigenvalue weighted by Gasteiger charge is -2.34. The second-order valence-electron chi connectivity index (χ2n) is 8.98. The minimum atomic E-state index is -0.714. The van der Waals surface area contributed by atoms with Gasteiger partial charge in [-0.05, 0) is 63.1 Å². The van der Waals surface area contributed by atoms with Crippen molar-refractivity contribution in [2.24, 2.45) is 11.3 Å². The average molecular weight is 385 g/mol. The van der Waals surface area contributed by atoms with E-state index in [4.69, 9.17) is 0 Å². The lowest BCUT2D eigenvalue weighted by atomic mass is 9.72. The highest BCUT2D eigenvalue weighted by molar-refractivity contribution is 5.83. The summed E-state index contributed by atoms with van der Waals surface area (Å²) in [6.07, 6.45) is 5.79. The third-order valence-electron chi connectivity index (χ3n) is 7.50. The Labute approximate surface area is 167 Å². The van der Waals surface area contributed by atoms with Crippen molar-refractivity contribution in [2.45, 2.75) is 70.5 Å². The largest absolute Gasteiger partial charge is 0.481 e. The maximum absolute atomic E-state index is 13.1. The summed E-state index contributed by atoms with van der Waals surface area (Å²) >= 11 is 0. The van der Waals surface area contributed by atoms with Gasteiger partial charge in [0.05, 0.1) is 5.41 Å². The van der Waals surface area contributed by atoms with Gasteiger partial charge >= 0.3 is 5.97 Å². The molecule has 28 heavy (non-hydrogen) atoms. The van der Waals surface area contributed by atoms with Crippen molar-refractivity contribution in [2.75, 3.05) is 13.1 Å². The molecule has 0 spiro atoms. The quantitative estimate of drug-likeness (QED) is 0.815. The van der Waals surface area contributed by atoms with E-state index < -0.39 is 11.4 Å². The molecule has 0 aliphatic carbocycles. The van der Waals surface area contributed by atoms with Crippen LogP contribution in [0.2, 0.25) is 0 Å². The normalized spacial score (nSPS) is 30.7. The number of fused-ring (bicyclic) bond motifs is 2. The molecule has 3 fully saturated rings. The minimum Gasteiger partial charge on any atom is -0.481 e. The van der Waals surface area contributed by atoms with Crippen LogP contribution in [0.1, 0.15) is 57.4 Å². The Morgan fingerprint density at radius 2 is 1.82 bits per heavy atom. The van der Waals surface area contributed by atoms with Crippen molar-refractivity contribution in [3.05, 3.63) is 35.9 Å². The van der Waals surface area contributed by atoms with Crippen molar-refractivity contribution >= 4 is 11.9 Å². The Hall–Kier alpha value is -1.88. The highest BCUT2D eigenvalue weighted by atomic mass is 16.4. The summed E-state index contributed by atoms with van der Waals surface area (Å²) in [4.78, 5) is 29.5. The standard InChI is InChI=1S/C23H32N2O3/c1-2-23(22(27)28)15-19-8-9-20(23)25(19)21(26)14-17-10-12-24(13-11-17)16-18-6-4-3-5-7-18/h3-7,17,19-20H,2,8-16H2,1H3,(H,27,28)/t19-,20+,23+/m0/s1. The first-order chi connectivity index (χ1) is 13.5. The topological polar surface area (TPSA) is 60.9 Å². The van der Waals surface area contributed by atoms with Crippen molar-refractivity contribution < 1.29 is 14.7 Å². The summed E-state index contributed by atoms with van der Waals surface area (Å²) < 4.78 is 0. The second-order valence-corrected chi connectivity index (χ2v) is 8.98. The molecular formula is C23H32N2O3. The molecule has 152 valence electrons. The van der Waals surface area contributed by atoms with Crippen LogP contribution in [-0.2, 0) is 16.1 Å².